The van der Waals surface area contributed by atoms with Gasteiger partial charge in [0.1, 0.15) is 0 Å². The average Bonchev–Trinajstić information content (AvgIpc) is 2.77. The molecule has 100 valence electrons. The molecule has 1 unspecified atom stereocenters. The van der Waals surface area contributed by atoms with Crippen LogP contribution >= 0.6 is 35.0 Å². The normalized spacial score (nSPS) is 26.3. The molecule has 0 aliphatic carbocycles. The highest BCUT2D eigenvalue weighted by atomic mass is 35.5. The Balaban J connectivity index is 2.07. The molecule has 2 saturated heterocycles. The van der Waals surface area contributed by atoms with Crippen molar-refractivity contribution in [2.24, 2.45) is 0 Å². The van der Waals surface area contributed by atoms with Crippen LogP contribution in [0.25, 0.3) is 0 Å². The number of benzene rings is 1. The lowest BCUT2D eigenvalue weighted by molar-refractivity contribution is -0.120. The van der Waals surface area contributed by atoms with Gasteiger partial charge in [0, 0.05) is 22.3 Å². The number of hydrogen-bond donors (Lipinski definition) is 0. The van der Waals surface area contributed by atoms with E-state index in [4.69, 9.17) is 23.2 Å². The lowest BCUT2D eigenvalue weighted by Crippen LogP contribution is -2.39. The number of imide groups is 1. The van der Waals surface area contributed by atoms with Crippen LogP contribution in [0.1, 0.15) is 6.92 Å². The summed E-state index contributed by atoms with van der Waals surface area (Å²) in [7, 11) is 0. The largest absolute Gasteiger partial charge is 0.333 e. The molecule has 0 bridgehead atoms. The van der Waals surface area contributed by atoms with Crippen LogP contribution in [0, 0.1) is 0 Å². The second-order valence-corrected chi connectivity index (χ2v) is 6.90. The molecule has 0 saturated carbocycles. The zero-order valence-corrected chi connectivity index (χ0v) is 12.3. The van der Waals surface area contributed by atoms with Gasteiger partial charge in [-0.25, -0.2) is 9.69 Å². The number of halogens is 2. The highest BCUT2D eigenvalue weighted by molar-refractivity contribution is 8.01. The van der Waals surface area contributed by atoms with Crippen molar-refractivity contribution in [3.05, 3.63) is 28.2 Å². The molecule has 0 spiro atoms. The minimum absolute atomic E-state index is 0.238. The van der Waals surface area contributed by atoms with Crippen molar-refractivity contribution in [2.45, 2.75) is 11.8 Å². The molecular formula is C12H10Cl2N2O2S. The molecule has 2 fully saturated rings. The van der Waals surface area contributed by atoms with Crippen molar-refractivity contribution >= 4 is 52.6 Å². The fourth-order valence-corrected chi connectivity index (χ4v) is 4.12. The van der Waals surface area contributed by atoms with Crippen LogP contribution in [0.4, 0.5) is 10.5 Å². The summed E-state index contributed by atoms with van der Waals surface area (Å²) in [6.07, 6.45) is 0. The first-order chi connectivity index (χ1) is 8.93. The molecule has 1 aromatic carbocycles. The molecule has 0 radical (unpaired) electrons. The summed E-state index contributed by atoms with van der Waals surface area (Å²) in [6.45, 7) is 2.35. The summed E-state index contributed by atoms with van der Waals surface area (Å²) >= 11 is 13.3. The smallest absolute Gasteiger partial charge is 0.300 e. The number of nitrogens with zero attached hydrogens (tertiary/aromatic N) is 2. The van der Waals surface area contributed by atoms with Gasteiger partial charge in [-0.15, -0.1) is 11.8 Å². The fraction of sp³-hybridized carbons (Fsp3) is 0.333. The minimum Gasteiger partial charge on any atom is -0.300 e. The van der Waals surface area contributed by atoms with Gasteiger partial charge in [-0.2, -0.15) is 0 Å². The van der Waals surface area contributed by atoms with Crippen molar-refractivity contribution in [1.82, 2.24) is 4.90 Å². The second kappa shape index (κ2) is 4.30. The van der Waals surface area contributed by atoms with E-state index < -0.39 is 4.87 Å². The third-order valence-electron chi connectivity index (χ3n) is 3.34. The van der Waals surface area contributed by atoms with Crippen LogP contribution in [0.5, 0.6) is 0 Å². The third-order valence-corrected chi connectivity index (χ3v) is 5.12. The predicted octanol–water partition coefficient (Wildman–Crippen LogP) is 3.23. The topological polar surface area (TPSA) is 40.6 Å². The van der Waals surface area contributed by atoms with Crippen LogP contribution in [-0.4, -0.2) is 34.0 Å². The molecule has 7 heteroatoms. The van der Waals surface area contributed by atoms with Gasteiger partial charge in [0.25, 0.3) is 5.91 Å². The summed E-state index contributed by atoms with van der Waals surface area (Å²) in [5.74, 6) is 0.538. The molecular weight excluding hydrogens is 307 g/mol. The van der Waals surface area contributed by atoms with Crippen molar-refractivity contribution in [3.63, 3.8) is 0 Å². The summed E-state index contributed by atoms with van der Waals surface area (Å²) in [6, 6.07) is 4.39. The van der Waals surface area contributed by atoms with Crippen LogP contribution in [-0.2, 0) is 4.79 Å². The number of amides is 3. The van der Waals surface area contributed by atoms with Gasteiger partial charge in [-0.05, 0) is 25.1 Å². The molecule has 3 rings (SSSR count). The first-order valence-corrected chi connectivity index (χ1v) is 7.44. The monoisotopic (exact) mass is 316 g/mol. The minimum atomic E-state index is -0.800. The standard InChI is InChI=1S/C12H10Cl2N2O2S/c1-12-10(17)16(11(18)15(12)2-3-19-12)9-5-7(13)4-8(14)6-9/h4-6H,2-3H2,1H3. The summed E-state index contributed by atoms with van der Waals surface area (Å²) in [5, 5.41) is 0.793. The molecule has 19 heavy (non-hydrogen) atoms. The van der Waals surface area contributed by atoms with Crippen molar-refractivity contribution in [2.75, 3.05) is 17.2 Å². The number of fused-ring (bicyclic) bond motifs is 1. The maximum atomic E-state index is 12.5. The molecule has 4 nitrogen and oxygen atoms in total. The van der Waals surface area contributed by atoms with Gasteiger partial charge in [0.2, 0.25) is 0 Å². The Labute approximate surface area is 124 Å². The number of anilines is 1. The maximum Gasteiger partial charge on any atom is 0.333 e. The first-order valence-electron chi connectivity index (χ1n) is 5.70. The van der Waals surface area contributed by atoms with E-state index in [-0.39, 0.29) is 11.9 Å². The molecule has 0 N–H and O–H groups in total. The molecule has 3 amide bonds. The maximum absolute atomic E-state index is 12.5. The summed E-state index contributed by atoms with van der Waals surface area (Å²) < 4.78 is 0. The summed E-state index contributed by atoms with van der Waals surface area (Å²) in [5.41, 5.74) is 0.420. The number of thioether (sulfide) groups is 1. The Morgan fingerprint density at radius 3 is 2.42 bits per heavy atom. The van der Waals surface area contributed by atoms with E-state index >= 15 is 0 Å². The van der Waals surface area contributed by atoms with E-state index in [1.165, 1.54) is 11.8 Å². The number of urea groups is 1. The first kappa shape index (κ1) is 13.1. The molecule has 2 heterocycles. The highest BCUT2D eigenvalue weighted by Crippen LogP contribution is 2.44. The number of hydrogen-bond acceptors (Lipinski definition) is 3. The van der Waals surface area contributed by atoms with E-state index in [2.05, 4.69) is 0 Å². The van der Waals surface area contributed by atoms with Crippen molar-refractivity contribution in [3.8, 4) is 0 Å². The predicted molar refractivity (Wildman–Crippen MR) is 76.9 cm³/mol. The highest BCUT2D eigenvalue weighted by Gasteiger charge is 2.57. The molecule has 1 atom stereocenters. The van der Waals surface area contributed by atoms with Gasteiger partial charge in [0.05, 0.1) is 5.69 Å². The van der Waals surface area contributed by atoms with Crippen LogP contribution in [0.15, 0.2) is 18.2 Å². The number of carbonyl (C=O) groups excluding carboxylic acids is 2. The second-order valence-electron chi connectivity index (χ2n) is 4.53. The Kier molecular flexibility index (Phi) is 2.96. The Hall–Kier alpha value is -0.910. The average molecular weight is 317 g/mol. The van der Waals surface area contributed by atoms with E-state index in [9.17, 15) is 9.59 Å². The van der Waals surface area contributed by atoms with Gasteiger partial charge in [0.15, 0.2) is 4.87 Å². The lowest BCUT2D eigenvalue weighted by atomic mass is 10.2. The third kappa shape index (κ3) is 1.83. The van der Waals surface area contributed by atoms with E-state index in [0.717, 1.165) is 10.7 Å². The Morgan fingerprint density at radius 2 is 1.84 bits per heavy atom. The van der Waals surface area contributed by atoms with Gasteiger partial charge in [-0.3, -0.25) is 9.69 Å². The number of carbonyl (C=O) groups is 2. The van der Waals surface area contributed by atoms with Crippen LogP contribution in [0.3, 0.4) is 0 Å². The zero-order valence-electron chi connectivity index (χ0n) is 10.0. The molecule has 2 aliphatic heterocycles. The van der Waals surface area contributed by atoms with Crippen LogP contribution < -0.4 is 4.90 Å². The van der Waals surface area contributed by atoms with Crippen molar-refractivity contribution < 1.29 is 9.59 Å². The fourth-order valence-electron chi connectivity index (χ4n) is 2.39. The Bertz CT molecular complexity index is 575. The molecule has 2 aliphatic rings. The van der Waals surface area contributed by atoms with Gasteiger partial charge in [-0.1, -0.05) is 23.2 Å². The van der Waals surface area contributed by atoms with E-state index in [1.54, 1.807) is 30.0 Å². The number of rotatable bonds is 1. The molecule has 1 aromatic rings. The Morgan fingerprint density at radius 1 is 1.21 bits per heavy atom. The quantitative estimate of drug-likeness (QED) is 0.747. The lowest BCUT2D eigenvalue weighted by Gasteiger charge is -2.20. The molecule has 0 aromatic heterocycles. The van der Waals surface area contributed by atoms with Crippen LogP contribution in [0.2, 0.25) is 10.0 Å². The van der Waals surface area contributed by atoms with Gasteiger partial charge >= 0.3 is 6.03 Å². The SMILES string of the molecule is CC12SCCN1C(=O)N(c1cc(Cl)cc(Cl)c1)C2=O. The van der Waals surface area contributed by atoms with E-state index in [0.29, 0.717) is 22.3 Å². The van der Waals surface area contributed by atoms with E-state index in [1.807, 2.05) is 0 Å². The zero-order chi connectivity index (χ0) is 13.8. The summed E-state index contributed by atoms with van der Waals surface area (Å²) in [4.78, 5) is 26.8. The van der Waals surface area contributed by atoms with Crippen molar-refractivity contribution in [1.29, 1.82) is 0 Å². The van der Waals surface area contributed by atoms with Gasteiger partial charge < -0.3 is 0 Å².